The van der Waals surface area contributed by atoms with E-state index in [-0.39, 0.29) is 0 Å². The lowest BCUT2D eigenvalue weighted by atomic mass is 10.0. The van der Waals surface area contributed by atoms with Gasteiger partial charge in [0.2, 0.25) is 0 Å². The standard InChI is InChI=1S/C15H14BrClO2/c1-19-15-5-3-2-4-10(15)8-14(18)11-6-12(16)9-13(17)7-11/h2-7,9,14,18H,8H2,1H3. The molecule has 0 aromatic heterocycles. The van der Waals surface area contributed by atoms with Crippen LogP contribution in [0, 0.1) is 0 Å². The SMILES string of the molecule is COc1ccccc1CC(O)c1cc(Cl)cc(Br)c1. The van der Waals surface area contributed by atoms with Crippen LogP contribution in [0.3, 0.4) is 0 Å². The smallest absolute Gasteiger partial charge is 0.122 e. The van der Waals surface area contributed by atoms with Gasteiger partial charge in [0.05, 0.1) is 13.2 Å². The topological polar surface area (TPSA) is 29.5 Å². The number of aliphatic hydroxyl groups excluding tert-OH is 1. The summed E-state index contributed by atoms with van der Waals surface area (Å²) in [4.78, 5) is 0. The summed E-state index contributed by atoms with van der Waals surface area (Å²) in [5.41, 5.74) is 1.75. The van der Waals surface area contributed by atoms with Crippen LogP contribution in [-0.4, -0.2) is 12.2 Å². The largest absolute Gasteiger partial charge is 0.496 e. The molecule has 1 unspecified atom stereocenters. The molecule has 4 heteroatoms. The van der Waals surface area contributed by atoms with Crippen LogP contribution in [0.5, 0.6) is 5.75 Å². The lowest BCUT2D eigenvalue weighted by molar-refractivity contribution is 0.177. The number of ether oxygens (including phenoxy) is 1. The second kappa shape index (κ2) is 6.42. The number of methoxy groups -OCH3 is 1. The predicted octanol–water partition coefficient (Wildman–Crippen LogP) is 4.39. The molecule has 0 aliphatic rings. The molecule has 0 amide bonds. The van der Waals surface area contributed by atoms with E-state index < -0.39 is 6.10 Å². The van der Waals surface area contributed by atoms with Crippen molar-refractivity contribution in [2.45, 2.75) is 12.5 Å². The third-order valence-corrected chi connectivity index (χ3v) is 3.55. The first kappa shape index (κ1) is 14.4. The maximum Gasteiger partial charge on any atom is 0.122 e. The summed E-state index contributed by atoms with van der Waals surface area (Å²) < 4.78 is 6.14. The van der Waals surface area contributed by atoms with Crippen LogP contribution in [-0.2, 0) is 6.42 Å². The van der Waals surface area contributed by atoms with Crippen molar-refractivity contribution < 1.29 is 9.84 Å². The molecule has 0 spiro atoms. The van der Waals surface area contributed by atoms with Crippen molar-refractivity contribution in [1.29, 1.82) is 0 Å². The van der Waals surface area contributed by atoms with Crippen molar-refractivity contribution in [2.24, 2.45) is 0 Å². The number of benzene rings is 2. The molecule has 1 atom stereocenters. The second-order valence-electron chi connectivity index (χ2n) is 4.23. The van der Waals surface area contributed by atoms with E-state index in [1.165, 1.54) is 0 Å². The quantitative estimate of drug-likeness (QED) is 0.894. The van der Waals surface area contributed by atoms with Crippen molar-refractivity contribution in [3.63, 3.8) is 0 Å². The van der Waals surface area contributed by atoms with E-state index in [2.05, 4.69) is 15.9 Å². The van der Waals surface area contributed by atoms with Gasteiger partial charge in [-0.1, -0.05) is 45.7 Å². The van der Waals surface area contributed by atoms with Gasteiger partial charge >= 0.3 is 0 Å². The summed E-state index contributed by atoms with van der Waals surface area (Å²) in [5, 5.41) is 10.9. The summed E-state index contributed by atoms with van der Waals surface area (Å²) in [6.45, 7) is 0. The Labute approximate surface area is 126 Å². The molecule has 19 heavy (non-hydrogen) atoms. The van der Waals surface area contributed by atoms with E-state index >= 15 is 0 Å². The average Bonchev–Trinajstić information content (AvgIpc) is 2.38. The van der Waals surface area contributed by atoms with Crippen LogP contribution >= 0.6 is 27.5 Å². The van der Waals surface area contributed by atoms with E-state index in [1.54, 1.807) is 19.2 Å². The van der Waals surface area contributed by atoms with Gasteiger partial charge in [0, 0.05) is 15.9 Å². The highest BCUT2D eigenvalue weighted by Gasteiger charge is 2.12. The molecule has 1 N–H and O–H groups in total. The van der Waals surface area contributed by atoms with Gasteiger partial charge < -0.3 is 9.84 Å². The highest BCUT2D eigenvalue weighted by molar-refractivity contribution is 9.10. The monoisotopic (exact) mass is 340 g/mol. The zero-order valence-electron chi connectivity index (χ0n) is 10.4. The number of hydrogen-bond donors (Lipinski definition) is 1. The fraction of sp³-hybridized carbons (Fsp3) is 0.200. The van der Waals surface area contributed by atoms with Gasteiger partial charge in [-0.15, -0.1) is 0 Å². The van der Waals surface area contributed by atoms with Crippen molar-refractivity contribution in [3.8, 4) is 5.75 Å². The highest BCUT2D eigenvalue weighted by atomic mass is 79.9. The fourth-order valence-electron chi connectivity index (χ4n) is 1.97. The van der Waals surface area contributed by atoms with Crippen LogP contribution in [0.15, 0.2) is 46.9 Å². The Morgan fingerprint density at radius 1 is 1.26 bits per heavy atom. The Kier molecular flexibility index (Phi) is 4.86. The first-order valence-electron chi connectivity index (χ1n) is 5.86. The molecule has 2 aromatic carbocycles. The Hall–Kier alpha value is -1.03. The van der Waals surface area contributed by atoms with Crippen LogP contribution in [0.2, 0.25) is 5.02 Å². The number of halogens is 2. The average molecular weight is 342 g/mol. The lowest BCUT2D eigenvalue weighted by Crippen LogP contribution is -2.03. The Balaban J connectivity index is 2.22. The van der Waals surface area contributed by atoms with Crippen LogP contribution in [0.4, 0.5) is 0 Å². The zero-order chi connectivity index (χ0) is 13.8. The van der Waals surface area contributed by atoms with Crippen LogP contribution in [0.1, 0.15) is 17.2 Å². The van der Waals surface area contributed by atoms with Crippen molar-refractivity contribution in [1.82, 2.24) is 0 Å². The highest BCUT2D eigenvalue weighted by Crippen LogP contribution is 2.28. The summed E-state index contributed by atoms with van der Waals surface area (Å²) in [7, 11) is 1.63. The van der Waals surface area contributed by atoms with E-state index in [0.29, 0.717) is 11.4 Å². The van der Waals surface area contributed by atoms with E-state index in [4.69, 9.17) is 16.3 Å². The second-order valence-corrected chi connectivity index (χ2v) is 5.59. The summed E-state index contributed by atoms with van der Waals surface area (Å²) in [6.07, 6.45) is -0.136. The summed E-state index contributed by atoms with van der Waals surface area (Å²) in [6, 6.07) is 13.1. The molecule has 0 aliphatic carbocycles. The van der Waals surface area contributed by atoms with Gasteiger partial charge in [-0.3, -0.25) is 0 Å². The van der Waals surface area contributed by atoms with Gasteiger partial charge in [0.15, 0.2) is 0 Å². The minimum absolute atomic E-state index is 0.483. The Bertz CT molecular complexity index is 552. The number of para-hydroxylation sites is 1. The predicted molar refractivity (Wildman–Crippen MR) is 80.8 cm³/mol. The molecule has 0 fully saturated rings. The minimum Gasteiger partial charge on any atom is -0.496 e. The van der Waals surface area contributed by atoms with Crippen LogP contribution in [0.25, 0.3) is 0 Å². The summed E-state index contributed by atoms with van der Waals surface area (Å²) in [5.74, 6) is 0.780. The summed E-state index contributed by atoms with van der Waals surface area (Å²) >= 11 is 9.36. The zero-order valence-corrected chi connectivity index (χ0v) is 12.8. The molecule has 0 saturated carbocycles. The number of rotatable bonds is 4. The molecule has 0 aliphatic heterocycles. The molecule has 100 valence electrons. The van der Waals surface area contributed by atoms with Gasteiger partial charge in [0.1, 0.15) is 5.75 Å². The normalized spacial score (nSPS) is 12.2. The van der Waals surface area contributed by atoms with Crippen molar-refractivity contribution in [2.75, 3.05) is 7.11 Å². The van der Waals surface area contributed by atoms with E-state index in [1.807, 2.05) is 30.3 Å². The Morgan fingerprint density at radius 3 is 2.68 bits per heavy atom. The third-order valence-electron chi connectivity index (χ3n) is 2.88. The van der Waals surface area contributed by atoms with Crippen molar-refractivity contribution in [3.05, 3.63) is 63.1 Å². The molecule has 0 bridgehead atoms. The maximum absolute atomic E-state index is 10.3. The van der Waals surface area contributed by atoms with Crippen molar-refractivity contribution >= 4 is 27.5 Å². The molecule has 2 nitrogen and oxygen atoms in total. The van der Waals surface area contributed by atoms with Gasteiger partial charge in [-0.25, -0.2) is 0 Å². The molecule has 0 heterocycles. The van der Waals surface area contributed by atoms with Gasteiger partial charge in [-0.05, 0) is 35.4 Å². The van der Waals surface area contributed by atoms with Crippen LogP contribution < -0.4 is 4.74 Å². The molecule has 0 radical (unpaired) electrons. The molecule has 2 aromatic rings. The van der Waals surface area contributed by atoms with Gasteiger partial charge in [0.25, 0.3) is 0 Å². The van der Waals surface area contributed by atoms with E-state index in [9.17, 15) is 5.11 Å². The molecule has 2 rings (SSSR count). The first-order valence-corrected chi connectivity index (χ1v) is 7.03. The number of hydrogen-bond acceptors (Lipinski definition) is 2. The maximum atomic E-state index is 10.3. The Morgan fingerprint density at radius 2 is 2.00 bits per heavy atom. The van der Waals surface area contributed by atoms with Gasteiger partial charge in [-0.2, -0.15) is 0 Å². The first-order chi connectivity index (χ1) is 9.10. The molecule has 0 saturated heterocycles. The lowest BCUT2D eigenvalue weighted by Gasteiger charge is -2.14. The number of aliphatic hydroxyl groups is 1. The molecular weight excluding hydrogens is 328 g/mol. The van der Waals surface area contributed by atoms with E-state index in [0.717, 1.165) is 21.3 Å². The third kappa shape index (κ3) is 3.72. The molecular formula is C15H14BrClO2. The fourth-order valence-corrected chi connectivity index (χ4v) is 2.85. The minimum atomic E-state index is -0.619.